The zero-order chi connectivity index (χ0) is 40.5. The molecule has 0 N–H and O–H groups in total. The van der Waals surface area contributed by atoms with Crippen LogP contribution in [0.25, 0.3) is 132 Å². The second-order valence-electron chi connectivity index (χ2n) is 16.8. The zero-order valence-electron chi connectivity index (χ0n) is 33.7. The molecule has 14 rings (SSSR count). The Balaban J connectivity index is 0.928. The third kappa shape index (κ3) is 4.64. The Morgan fingerprint density at radius 1 is 0.258 bits per heavy atom. The molecule has 2 nitrogen and oxygen atoms in total. The minimum absolute atomic E-state index is 1.15. The lowest BCUT2D eigenvalue weighted by Gasteiger charge is -2.13. The highest BCUT2D eigenvalue weighted by molar-refractivity contribution is 6.21. The molecule has 0 saturated carbocycles. The van der Waals surface area contributed by atoms with Gasteiger partial charge in [0.1, 0.15) is 0 Å². The summed E-state index contributed by atoms with van der Waals surface area (Å²) in [4.78, 5) is 0. The van der Waals surface area contributed by atoms with Crippen LogP contribution in [0.2, 0.25) is 0 Å². The van der Waals surface area contributed by atoms with Crippen LogP contribution in [-0.2, 0) is 0 Å². The molecule has 0 bridgehead atoms. The van der Waals surface area contributed by atoms with Crippen molar-refractivity contribution in [3.63, 3.8) is 0 Å². The van der Waals surface area contributed by atoms with Gasteiger partial charge in [-0.05, 0) is 115 Å². The summed E-state index contributed by atoms with van der Waals surface area (Å²) in [5.74, 6) is 0. The van der Waals surface area contributed by atoms with Crippen LogP contribution >= 0.6 is 0 Å². The van der Waals surface area contributed by atoms with Gasteiger partial charge in [0.25, 0.3) is 0 Å². The topological polar surface area (TPSA) is 9.86 Å². The number of hydrogen-bond donors (Lipinski definition) is 0. The predicted octanol–water partition coefficient (Wildman–Crippen LogP) is 16.3. The van der Waals surface area contributed by atoms with Gasteiger partial charge in [-0.15, -0.1) is 0 Å². The van der Waals surface area contributed by atoms with Crippen molar-refractivity contribution in [3.8, 4) is 55.9 Å². The van der Waals surface area contributed by atoms with Crippen molar-refractivity contribution >= 4 is 75.9 Å². The fourth-order valence-electron chi connectivity index (χ4n) is 10.9. The van der Waals surface area contributed by atoms with Gasteiger partial charge in [-0.3, -0.25) is 0 Å². The smallest absolute Gasteiger partial charge is 0.0619 e. The van der Waals surface area contributed by atoms with Gasteiger partial charge in [0, 0.05) is 38.0 Å². The van der Waals surface area contributed by atoms with Crippen LogP contribution in [0.5, 0.6) is 0 Å². The van der Waals surface area contributed by atoms with Crippen LogP contribution in [0.4, 0.5) is 0 Å². The molecule has 0 amide bonds. The van der Waals surface area contributed by atoms with E-state index in [1.54, 1.807) is 0 Å². The summed E-state index contributed by atoms with van der Waals surface area (Å²) in [6, 6.07) is 81.0. The second kappa shape index (κ2) is 12.7. The summed E-state index contributed by atoms with van der Waals surface area (Å²) in [5.41, 5.74) is 17.4. The molecular formula is C60H36N2. The van der Waals surface area contributed by atoms with Crippen LogP contribution in [0, 0.1) is 0 Å². The first-order valence-corrected chi connectivity index (χ1v) is 21.5. The minimum atomic E-state index is 1.15. The van der Waals surface area contributed by atoms with Crippen LogP contribution in [-0.4, -0.2) is 9.13 Å². The molecule has 0 fully saturated rings. The molecule has 62 heavy (non-hydrogen) atoms. The van der Waals surface area contributed by atoms with Gasteiger partial charge >= 0.3 is 0 Å². The molecule has 11 aromatic carbocycles. The van der Waals surface area contributed by atoms with Gasteiger partial charge in [-0.2, -0.15) is 0 Å². The molecule has 0 saturated heterocycles. The Hall–Kier alpha value is -8.20. The van der Waals surface area contributed by atoms with Crippen LogP contribution in [0.3, 0.4) is 0 Å². The molecule has 2 heteroatoms. The van der Waals surface area contributed by atoms with Crippen molar-refractivity contribution in [1.82, 2.24) is 9.13 Å². The maximum atomic E-state index is 2.48. The maximum absolute atomic E-state index is 2.48. The molecule has 2 heterocycles. The summed E-state index contributed by atoms with van der Waals surface area (Å²) < 4.78 is 4.92. The van der Waals surface area contributed by atoms with Crippen LogP contribution in [0.1, 0.15) is 0 Å². The summed E-state index contributed by atoms with van der Waals surface area (Å²) in [6.07, 6.45) is 0. The molecule has 2 aromatic heterocycles. The standard InChI is InChI=1S/C60H36N2/c1-3-14-44-37(11-1)13-9-22-55(44)62-56-21-8-7-18-48(56)53-35-40(27-34-58(53)62)41-26-33-57-54(36-41)52-30-25-38-12-2-4-15-45(38)60(52)61(57)42-28-23-39(24-29-42)43-31-32-51-47-17-6-5-16-46(47)50-20-10-19-49(43)59(50)51/h1-36H. The van der Waals surface area contributed by atoms with E-state index >= 15 is 0 Å². The van der Waals surface area contributed by atoms with Gasteiger partial charge in [-0.1, -0.05) is 170 Å². The van der Waals surface area contributed by atoms with Crippen LogP contribution in [0.15, 0.2) is 218 Å². The van der Waals surface area contributed by atoms with E-state index in [2.05, 4.69) is 228 Å². The summed E-state index contributed by atoms with van der Waals surface area (Å²) in [6.45, 7) is 0. The Morgan fingerprint density at radius 3 is 1.58 bits per heavy atom. The zero-order valence-corrected chi connectivity index (χ0v) is 33.7. The lowest BCUT2D eigenvalue weighted by molar-refractivity contribution is 1.19. The fourth-order valence-corrected chi connectivity index (χ4v) is 10.9. The van der Waals surface area contributed by atoms with E-state index in [-0.39, 0.29) is 0 Å². The van der Waals surface area contributed by atoms with Crippen molar-refractivity contribution in [2.45, 2.75) is 0 Å². The largest absolute Gasteiger partial charge is 0.309 e. The molecular weight excluding hydrogens is 749 g/mol. The van der Waals surface area contributed by atoms with E-state index in [4.69, 9.17) is 0 Å². The van der Waals surface area contributed by atoms with E-state index in [0.29, 0.717) is 0 Å². The number of aromatic nitrogens is 2. The highest BCUT2D eigenvalue weighted by Crippen LogP contribution is 2.49. The summed E-state index contributed by atoms with van der Waals surface area (Å²) >= 11 is 0. The van der Waals surface area contributed by atoms with E-state index < -0.39 is 0 Å². The monoisotopic (exact) mass is 784 g/mol. The van der Waals surface area contributed by atoms with Gasteiger partial charge in [-0.25, -0.2) is 0 Å². The SMILES string of the molecule is c1ccc2c(c1)-c1cccc3c(-c4ccc(-n5c6ccc(-c7ccc8c(c7)c7ccccc7n8-c7cccc8ccccc78)cc6c6ccc7ccccc7c65)cc4)ccc-2c13. The maximum Gasteiger partial charge on any atom is 0.0619 e. The molecule has 0 aliphatic heterocycles. The summed E-state index contributed by atoms with van der Waals surface area (Å²) in [5, 5.41) is 12.7. The Morgan fingerprint density at radius 2 is 0.790 bits per heavy atom. The van der Waals surface area contributed by atoms with Crippen molar-refractivity contribution in [2.24, 2.45) is 0 Å². The first-order valence-electron chi connectivity index (χ1n) is 21.5. The molecule has 286 valence electrons. The Labute approximate surface area is 357 Å². The predicted molar refractivity (Wildman–Crippen MR) is 263 cm³/mol. The third-order valence-electron chi connectivity index (χ3n) is 13.6. The highest BCUT2D eigenvalue weighted by Gasteiger charge is 2.23. The van der Waals surface area contributed by atoms with Gasteiger partial charge in [0.15, 0.2) is 0 Å². The van der Waals surface area contributed by atoms with E-state index in [0.717, 1.165) is 5.69 Å². The molecule has 0 spiro atoms. The minimum Gasteiger partial charge on any atom is -0.309 e. The van der Waals surface area contributed by atoms with E-state index in [9.17, 15) is 0 Å². The highest BCUT2D eigenvalue weighted by atomic mass is 15.0. The average molecular weight is 785 g/mol. The Kier molecular flexibility index (Phi) is 6.86. The lowest BCUT2D eigenvalue weighted by atomic mass is 9.94. The molecule has 0 radical (unpaired) electrons. The number of rotatable bonds is 4. The fraction of sp³-hybridized carbons (Fsp3) is 0. The number of para-hydroxylation sites is 1. The van der Waals surface area contributed by atoms with Gasteiger partial charge < -0.3 is 9.13 Å². The van der Waals surface area contributed by atoms with Crippen molar-refractivity contribution in [1.29, 1.82) is 0 Å². The summed E-state index contributed by atoms with van der Waals surface area (Å²) in [7, 11) is 0. The quantitative estimate of drug-likeness (QED) is 0.168. The van der Waals surface area contributed by atoms with Crippen LogP contribution < -0.4 is 0 Å². The number of benzene rings is 11. The average Bonchev–Trinajstić information content (AvgIpc) is 3.98. The number of nitrogens with zero attached hydrogens (tertiary/aromatic N) is 2. The second-order valence-corrected chi connectivity index (χ2v) is 16.8. The third-order valence-corrected chi connectivity index (χ3v) is 13.6. The first kappa shape index (κ1) is 33.6. The number of hydrogen-bond acceptors (Lipinski definition) is 0. The molecule has 0 atom stereocenters. The van der Waals surface area contributed by atoms with E-state index in [1.807, 2.05) is 0 Å². The molecule has 0 unspecified atom stereocenters. The molecule has 1 aliphatic rings. The molecule has 1 aliphatic carbocycles. The lowest BCUT2D eigenvalue weighted by Crippen LogP contribution is -1.95. The normalized spacial score (nSPS) is 12.2. The first-order chi connectivity index (χ1) is 30.8. The molecule has 13 aromatic rings. The number of fused-ring (bicyclic) bond motifs is 12. The van der Waals surface area contributed by atoms with E-state index in [1.165, 1.54) is 126 Å². The van der Waals surface area contributed by atoms with Crippen molar-refractivity contribution < 1.29 is 0 Å². The Bertz CT molecular complexity index is 3990. The van der Waals surface area contributed by atoms with Gasteiger partial charge in [0.05, 0.1) is 27.8 Å². The van der Waals surface area contributed by atoms with Gasteiger partial charge in [0.2, 0.25) is 0 Å². The van der Waals surface area contributed by atoms with Crippen molar-refractivity contribution in [3.05, 3.63) is 218 Å². The van der Waals surface area contributed by atoms with Crippen molar-refractivity contribution in [2.75, 3.05) is 0 Å².